The molecule has 0 amide bonds. The van der Waals surface area contributed by atoms with E-state index in [-0.39, 0.29) is 11.4 Å². The molecule has 2 aromatic rings. The van der Waals surface area contributed by atoms with Gasteiger partial charge in [-0.2, -0.15) is 5.26 Å². The fourth-order valence-corrected chi connectivity index (χ4v) is 5.10. The predicted molar refractivity (Wildman–Crippen MR) is 112 cm³/mol. The van der Waals surface area contributed by atoms with Crippen LogP contribution in [0.3, 0.4) is 0 Å². The van der Waals surface area contributed by atoms with Crippen LogP contribution in [0, 0.1) is 24.1 Å². The molecule has 0 bridgehead atoms. The molecule has 8 heteroatoms. The summed E-state index contributed by atoms with van der Waals surface area (Å²) in [5.41, 5.74) is 0.785. The minimum absolute atomic E-state index is 0.0801. The molecule has 2 heterocycles. The maximum absolute atomic E-state index is 15.2. The summed E-state index contributed by atoms with van der Waals surface area (Å²) in [5, 5.41) is 9.23. The Hall–Kier alpha value is -2.66. The van der Waals surface area contributed by atoms with E-state index in [1.165, 1.54) is 18.9 Å². The van der Waals surface area contributed by atoms with Gasteiger partial charge in [0, 0.05) is 49.7 Å². The lowest BCUT2D eigenvalue weighted by molar-refractivity contribution is 0.204. The number of aromatic amines is 1. The molecule has 30 heavy (non-hydrogen) atoms. The molecule has 2 aliphatic carbocycles. The van der Waals surface area contributed by atoms with Crippen LogP contribution in [0.25, 0.3) is 10.9 Å². The lowest BCUT2D eigenvalue weighted by atomic mass is 10.1. The standard InChI is InChI=1S/C22H26FN5O2/c1-13-19-17(21(29)25-22(30)28(19)15-5-6-15)11-18(23)20(13)26-10-7-16(12-26)27(9-2-8-24)14-3-4-14/h11,14-16H,2-7,9-10,12H2,1H3,(H,25,29,30). The van der Waals surface area contributed by atoms with Crippen molar-refractivity contribution in [2.24, 2.45) is 0 Å². The van der Waals surface area contributed by atoms with Gasteiger partial charge in [-0.15, -0.1) is 0 Å². The first-order valence-electron chi connectivity index (χ1n) is 10.8. The third-order valence-corrected chi connectivity index (χ3v) is 6.75. The molecule has 1 aromatic carbocycles. The largest absolute Gasteiger partial charge is 0.367 e. The molecule has 158 valence electrons. The maximum atomic E-state index is 15.2. The number of rotatable bonds is 6. The van der Waals surface area contributed by atoms with Crippen LogP contribution in [0.1, 0.15) is 50.1 Å². The molecule has 1 aliphatic heterocycles. The summed E-state index contributed by atoms with van der Waals surface area (Å²) in [5.74, 6) is -0.415. The molecule has 1 aromatic heterocycles. The van der Waals surface area contributed by atoms with Gasteiger partial charge in [0.15, 0.2) is 0 Å². The number of nitrogens with zero attached hydrogens (tertiary/aromatic N) is 4. The van der Waals surface area contributed by atoms with E-state index in [1.54, 1.807) is 4.57 Å². The Labute approximate surface area is 173 Å². The minimum atomic E-state index is -0.531. The van der Waals surface area contributed by atoms with Crippen molar-refractivity contribution in [3.8, 4) is 6.07 Å². The predicted octanol–water partition coefficient (Wildman–Crippen LogP) is 2.43. The third-order valence-electron chi connectivity index (χ3n) is 6.75. The highest BCUT2D eigenvalue weighted by Crippen LogP contribution is 2.39. The number of fused-ring (bicyclic) bond motifs is 1. The van der Waals surface area contributed by atoms with Crippen LogP contribution < -0.4 is 16.1 Å². The van der Waals surface area contributed by atoms with E-state index in [4.69, 9.17) is 5.26 Å². The van der Waals surface area contributed by atoms with E-state index < -0.39 is 17.1 Å². The number of halogens is 1. The zero-order chi connectivity index (χ0) is 21.0. The highest BCUT2D eigenvalue weighted by molar-refractivity contribution is 5.87. The van der Waals surface area contributed by atoms with Crippen molar-refractivity contribution in [1.82, 2.24) is 14.5 Å². The highest BCUT2D eigenvalue weighted by Gasteiger charge is 2.38. The molecule has 1 saturated heterocycles. The second-order valence-corrected chi connectivity index (χ2v) is 8.85. The lowest BCUT2D eigenvalue weighted by Crippen LogP contribution is -2.40. The molecule has 2 saturated carbocycles. The highest BCUT2D eigenvalue weighted by atomic mass is 19.1. The number of H-pyrrole nitrogens is 1. The lowest BCUT2D eigenvalue weighted by Gasteiger charge is -2.29. The van der Waals surface area contributed by atoms with Gasteiger partial charge >= 0.3 is 5.69 Å². The summed E-state index contributed by atoms with van der Waals surface area (Å²) in [7, 11) is 0. The van der Waals surface area contributed by atoms with Crippen molar-refractivity contribution in [1.29, 1.82) is 5.26 Å². The van der Waals surface area contributed by atoms with Crippen LogP contribution in [-0.2, 0) is 0 Å². The molecule has 3 fully saturated rings. The number of anilines is 1. The van der Waals surface area contributed by atoms with Crippen molar-refractivity contribution < 1.29 is 4.39 Å². The summed E-state index contributed by atoms with van der Waals surface area (Å²) >= 11 is 0. The van der Waals surface area contributed by atoms with Crippen LogP contribution in [0.4, 0.5) is 10.1 Å². The van der Waals surface area contributed by atoms with Crippen molar-refractivity contribution in [3.05, 3.63) is 38.3 Å². The Morgan fingerprint density at radius 3 is 2.67 bits per heavy atom. The fraction of sp³-hybridized carbons (Fsp3) is 0.591. The quantitative estimate of drug-likeness (QED) is 0.789. The van der Waals surface area contributed by atoms with E-state index in [1.807, 2.05) is 6.92 Å². The van der Waals surface area contributed by atoms with Gasteiger partial charge in [-0.3, -0.25) is 19.2 Å². The van der Waals surface area contributed by atoms with Gasteiger partial charge in [-0.1, -0.05) is 0 Å². The first-order valence-corrected chi connectivity index (χ1v) is 10.8. The number of aromatic nitrogens is 2. The van der Waals surface area contributed by atoms with E-state index in [0.29, 0.717) is 41.8 Å². The first kappa shape index (κ1) is 19.3. The second-order valence-electron chi connectivity index (χ2n) is 8.85. The van der Waals surface area contributed by atoms with Gasteiger partial charge in [0.2, 0.25) is 0 Å². The van der Waals surface area contributed by atoms with Gasteiger partial charge in [-0.25, -0.2) is 9.18 Å². The van der Waals surface area contributed by atoms with Crippen LogP contribution in [0.15, 0.2) is 15.7 Å². The van der Waals surface area contributed by atoms with Crippen LogP contribution in [-0.4, -0.2) is 46.2 Å². The van der Waals surface area contributed by atoms with E-state index in [9.17, 15) is 9.59 Å². The van der Waals surface area contributed by atoms with E-state index in [2.05, 4.69) is 20.9 Å². The molecule has 1 N–H and O–H groups in total. The van der Waals surface area contributed by atoms with Crippen LogP contribution in [0.2, 0.25) is 0 Å². The number of nitriles is 1. The fourth-order valence-electron chi connectivity index (χ4n) is 5.10. The van der Waals surface area contributed by atoms with Gasteiger partial charge in [0.25, 0.3) is 5.56 Å². The topological polar surface area (TPSA) is 85.1 Å². The Balaban J connectivity index is 1.54. The molecule has 7 nitrogen and oxygen atoms in total. The van der Waals surface area contributed by atoms with Crippen molar-refractivity contribution in [2.45, 2.75) is 63.6 Å². The molecular formula is C22H26FN5O2. The summed E-state index contributed by atoms with van der Waals surface area (Å²) < 4.78 is 16.9. The molecular weight excluding hydrogens is 385 g/mol. The van der Waals surface area contributed by atoms with Crippen LogP contribution >= 0.6 is 0 Å². The second kappa shape index (κ2) is 7.24. The zero-order valence-electron chi connectivity index (χ0n) is 17.2. The number of aryl methyl sites for hydroxylation is 1. The summed E-state index contributed by atoms with van der Waals surface area (Å²) in [6.45, 7) is 4.00. The zero-order valence-corrected chi connectivity index (χ0v) is 17.2. The Kier molecular flexibility index (Phi) is 4.66. The Morgan fingerprint density at radius 1 is 1.23 bits per heavy atom. The number of hydrogen-bond acceptors (Lipinski definition) is 5. The van der Waals surface area contributed by atoms with Gasteiger partial charge in [0.1, 0.15) is 5.82 Å². The number of hydrogen-bond donors (Lipinski definition) is 1. The average Bonchev–Trinajstić information content (AvgIpc) is 3.63. The van der Waals surface area contributed by atoms with Gasteiger partial charge < -0.3 is 4.90 Å². The molecule has 1 unspecified atom stereocenters. The molecule has 0 radical (unpaired) electrons. The van der Waals surface area contributed by atoms with Crippen molar-refractivity contribution in [3.63, 3.8) is 0 Å². The molecule has 3 aliphatic rings. The maximum Gasteiger partial charge on any atom is 0.329 e. The third kappa shape index (κ3) is 3.21. The van der Waals surface area contributed by atoms with Crippen LogP contribution in [0.5, 0.6) is 0 Å². The minimum Gasteiger partial charge on any atom is -0.367 e. The van der Waals surface area contributed by atoms with Crippen molar-refractivity contribution >= 4 is 16.6 Å². The molecule has 1 atom stereocenters. The normalized spacial score (nSPS) is 21.5. The molecule has 5 rings (SSSR count). The van der Waals surface area contributed by atoms with Crippen molar-refractivity contribution in [2.75, 3.05) is 24.5 Å². The number of benzene rings is 1. The summed E-state index contributed by atoms with van der Waals surface area (Å²) in [4.78, 5) is 31.7. The summed E-state index contributed by atoms with van der Waals surface area (Å²) in [6, 6.07) is 4.45. The average molecular weight is 411 g/mol. The monoisotopic (exact) mass is 411 g/mol. The number of nitrogens with one attached hydrogen (secondary N) is 1. The molecule has 0 spiro atoms. The van der Waals surface area contributed by atoms with Gasteiger partial charge in [-0.05, 0) is 45.1 Å². The Bertz CT molecular complexity index is 1160. The van der Waals surface area contributed by atoms with E-state index >= 15 is 4.39 Å². The van der Waals surface area contributed by atoms with E-state index in [0.717, 1.165) is 32.4 Å². The Morgan fingerprint density at radius 2 is 2.00 bits per heavy atom. The first-order chi connectivity index (χ1) is 14.5. The summed E-state index contributed by atoms with van der Waals surface area (Å²) in [6.07, 6.45) is 5.56. The van der Waals surface area contributed by atoms with Gasteiger partial charge in [0.05, 0.1) is 22.7 Å². The smallest absolute Gasteiger partial charge is 0.329 e. The SMILES string of the molecule is Cc1c(N2CCC(N(CCC#N)C3CC3)C2)c(F)cc2c(=O)[nH]c(=O)n(C3CC3)c12.